The van der Waals surface area contributed by atoms with Gasteiger partial charge in [-0.1, -0.05) is 17.7 Å². The number of hydrogen-bond donors (Lipinski definition) is 1. The van der Waals surface area contributed by atoms with E-state index in [1.54, 1.807) is 11.8 Å². The lowest BCUT2D eigenvalue weighted by Gasteiger charge is -2.27. The Kier molecular flexibility index (Phi) is 6.39. The molecule has 0 bridgehead atoms. The van der Waals surface area contributed by atoms with Crippen LogP contribution in [0.3, 0.4) is 0 Å². The molecule has 0 aromatic carbocycles. The van der Waals surface area contributed by atoms with Crippen molar-refractivity contribution in [2.75, 3.05) is 6.26 Å². The van der Waals surface area contributed by atoms with Crippen molar-refractivity contribution in [3.63, 3.8) is 0 Å². The van der Waals surface area contributed by atoms with Crippen LogP contribution in [-0.4, -0.2) is 30.1 Å². The van der Waals surface area contributed by atoms with Crippen molar-refractivity contribution in [2.24, 2.45) is 0 Å². The fourth-order valence-electron chi connectivity index (χ4n) is 1.82. The van der Waals surface area contributed by atoms with Crippen molar-refractivity contribution >= 4 is 11.8 Å². The summed E-state index contributed by atoms with van der Waals surface area (Å²) in [5.41, 5.74) is 1.86. The molecule has 0 aliphatic heterocycles. The number of ether oxygens (including phenoxy) is 1. The van der Waals surface area contributed by atoms with Crippen molar-refractivity contribution in [2.45, 2.75) is 58.0 Å². The summed E-state index contributed by atoms with van der Waals surface area (Å²) in [5, 5.41) is 3.38. The van der Waals surface area contributed by atoms with E-state index in [0.717, 1.165) is 11.1 Å². The van der Waals surface area contributed by atoms with Gasteiger partial charge in [0.2, 0.25) is 0 Å². The van der Waals surface area contributed by atoms with E-state index in [4.69, 9.17) is 4.74 Å². The maximum absolute atomic E-state index is 13.6. The molecule has 0 amide bonds. The molecule has 3 unspecified atom stereocenters. The third-order valence-electron chi connectivity index (χ3n) is 3.02. The molecule has 1 aliphatic carbocycles. The highest BCUT2D eigenvalue weighted by molar-refractivity contribution is 7.99. The molecule has 104 valence electrons. The molecule has 0 radical (unpaired) electrons. The highest BCUT2D eigenvalue weighted by atomic mass is 32.2. The van der Waals surface area contributed by atoms with Gasteiger partial charge in [0.1, 0.15) is 6.17 Å². The highest BCUT2D eigenvalue weighted by Gasteiger charge is 2.21. The summed E-state index contributed by atoms with van der Waals surface area (Å²) in [7, 11) is 0. The summed E-state index contributed by atoms with van der Waals surface area (Å²) >= 11 is 1.62. The van der Waals surface area contributed by atoms with Gasteiger partial charge in [0, 0.05) is 12.5 Å². The summed E-state index contributed by atoms with van der Waals surface area (Å²) in [6.45, 7) is 7.92. The third-order valence-corrected chi connectivity index (χ3v) is 3.70. The normalized spacial score (nSPS) is 23.6. The van der Waals surface area contributed by atoms with Gasteiger partial charge >= 0.3 is 0 Å². The summed E-state index contributed by atoms with van der Waals surface area (Å²) < 4.78 is 19.4. The first-order chi connectivity index (χ1) is 8.43. The predicted molar refractivity (Wildman–Crippen MR) is 77.5 cm³/mol. The molecule has 0 saturated heterocycles. The number of halogens is 1. The molecule has 0 aromatic rings. The molecule has 0 saturated carbocycles. The first kappa shape index (κ1) is 15.7. The predicted octanol–water partition coefficient (Wildman–Crippen LogP) is 3.65. The van der Waals surface area contributed by atoms with Crippen molar-refractivity contribution < 1.29 is 9.13 Å². The Morgan fingerprint density at radius 3 is 2.56 bits per heavy atom. The van der Waals surface area contributed by atoms with E-state index >= 15 is 0 Å². The van der Waals surface area contributed by atoms with Crippen LogP contribution in [0.15, 0.2) is 23.3 Å². The molecule has 0 heterocycles. The molecular weight excluding hydrogens is 249 g/mol. The second-order valence-corrected chi connectivity index (χ2v) is 5.86. The number of nitrogens with one attached hydrogen (secondary N) is 1. The fraction of sp³-hybridized carbons (Fsp3) is 0.714. The van der Waals surface area contributed by atoms with E-state index in [1.165, 1.54) is 0 Å². The summed E-state index contributed by atoms with van der Waals surface area (Å²) in [5.74, 6) is 0. The number of allylic oxidation sites excluding steroid dienone is 3. The van der Waals surface area contributed by atoms with Crippen LogP contribution in [0.2, 0.25) is 0 Å². The minimum absolute atomic E-state index is 0.0500. The molecule has 18 heavy (non-hydrogen) atoms. The molecule has 2 nitrogen and oxygen atoms in total. The zero-order chi connectivity index (χ0) is 13.7. The van der Waals surface area contributed by atoms with E-state index in [9.17, 15) is 4.39 Å². The fourth-order valence-corrected chi connectivity index (χ4v) is 2.49. The molecule has 1 rings (SSSR count). The van der Waals surface area contributed by atoms with Crippen molar-refractivity contribution in [3.05, 3.63) is 23.3 Å². The zero-order valence-corrected chi connectivity index (χ0v) is 12.7. The average Bonchev–Trinajstić information content (AvgIpc) is 2.31. The van der Waals surface area contributed by atoms with E-state index in [2.05, 4.69) is 12.2 Å². The molecule has 1 aliphatic rings. The maximum Gasteiger partial charge on any atom is 0.156 e. The number of hydrogen-bond acceptors (Lipinski definition) is 3. The molecule has 0 fully saturated rings. The first-order valence-corrected chi connectivity index (χ1v) is 7.68. The highest BCUT2D eigenvalue weighted by Crippen LogP contribution is 2.24. The van der Waals surface area contributed by atoms with Gasteiger partial charge in [-0.2, -0.15) is 0 Å². The second-order valence-electron chi connectivity index (χ2n) is 4.96. The monoisotopic (exact) mass is 273 g/mol. The van der Waals surface area contributed by atoms with Gasteiger partial charge in [-0.05, 0) is 39.5 Å². The molecule has 1 N–H and O–H groups in total. The number of alkyl halides is 1. The Morgan fingerprint density at radius 1 is 1.39 bits per heavy atom. The Hall–Kier alpha value is -0.320. The van der Waals surface area contributed by atoms with Gasteiger partial charge < -0.3 is 4.74 Å². The lowest BCUT2D eigenvalue weighted by molar-refractivity contribution is 0.0382. The summed E-state index contributed by atoms with van der Waals surface area (Å²) in [6.07, 6.45) is 5.73. The average molecular weight is 273 g/mol. The van der Waals surface area contributed by atoms with Gasteiger partial charge in [0.15, 0.2) is 5.56 Å². The SMILES string of the molecule is CSC(NC(C)C1=CC=C(C)C(F)C1)OC(C)C. The van der Waals surface area contributed by atoms with E-state index in [0.29, 0.717) is 6.42 Å². The van der Waals surface area contributed by atoms with Crippen molar-refractivity contribution in [1.29, 1.82) is 0 Å². The van der Waals surface area contributed by atoms with Crippen LogP contribution in [0.5, 0.6) is 0 Å². The van der Waals surface area contributed by atoms with E-state index < -0.39 is 6.17 Å². The molecule has 0 spiro atoms. The molecular formula is C14H24FNOS. The van der Waals surface area contributed by atoms with Crippen LogP contribution < -0.4 is 5.32 Å². The van der Waals surface area contributed by atoms with Gasteiger partial charge in [-0.15, -0.1) is 11.8 Å². The van der Waals surface area contributed by atoms with Gasteiger partial charge in [0.25, 0.3) is 0 Å². The van der Waals surface area contributed by atoms with Crippen LogP contribution in [0.4, 0.5) is 4.39 Å². The van der Waals surface area contributed by atoms with Gasteiger partial charge in [-0.25, -0.2) is 4.39 Å². The van der Waals surface area contributed by atoms with Crippen molar-refractivity contribution in [1.82, 2.24) is 5.32 Å². The van der Waals surface area contributed by atoms with Gasteiger partial charge in [0.05, 0.1) is 6.10 Å². The van der Waals surface area contributed by atoms with Crippen LogP contribution in [0.1, 0.15) is 34.1 Å². The topological polar surface area (TPSA) is 21.3 Å². The largest absolute Gasteiger partial charge is 0.351 e. The Bertz CT molecular complexity index is 328. The minimum atomic E-state index is -0.840. The molecule has 4 heteroatoms. The zero-order valence-electron chi connectivity index (χ0n) is 11.9. The Morgan fingerprint density at radius 2 is 2.06 bits per heavy atom. The maximum atomic E-state index is 13.6. The smallest absolute Gasteiger partial charge is 0.156 e. The van der Waals surface area contributed by atoms with Crippen LogP contribution in [0, 0.1) is 0 Å². The van der Waals surface area contributed by atoms with E-state index in [-0.39, 0.29) is 17.7 Å². The summed E-state index contributed by atoms with van der Waals surface area (Å²) in [6, 6.07) is 0.129. The quantitative estimate of drug-likeness (QED) is 0.746. The second kappa shape index (κ2) is 7.31. The Labute approximate surface area is 114 Å². The van der Waals surface area contributed by atoms with Crippen LogP contribution in [-0.2, 0) is 4.74 Å². The number of rotatable bonds is 6. The Balaban J connectivity index is 2.57. The third kappa shape index (κ3) is 4.75. The lowest BCUT2D eigenvalue weighted by Crippen LogP contribution is -2.39. The first-order valence-electron chi connectivity index (χ1n) is 6.39. The van der Waals surface area contributed by atoms with Crippen molar-refractivity contribution in [3.8, 4) is 0 Å². The number of thioether (sulfide) groups is 1. The molecule has 0 aromatic heterocycles. The minimum Gasteiger partial charge on any atom is -0.351 e. The van der Waals surface area contributed by atoms with E-state index in [1.807, 2.05) is 39.2 Å². The van der Waals surface area contributed by atoms with Crippen LogP contribution >= 0.6 is 11.8 Å². The summed E-state index contributed by atoms with van der Waals surface area (Å²) in [4.78, 5) is 0. The van der Waals surface area contributed by atoms with Crippen LogP contribution in [0.25, 0.3) is 0 Å². The lowest BCUT2D eigenvalue weighted by atomic mass is 9.93. The molecule has 3 atom stereocenters. The standard InChI is InChI=1S/C14H24FNOS/c1-9(2)17-14(18-5)16-11(4)12-7-6-10(3)13(15)8-12/h6-7,9,11,13-14,16H,8H2,1-5H3. The van der Waals surface area contributed by atoms with Gasteiger partial charge in [-0.3, -0.25) is 5.32 Å².